The largest absolute Gasteiger partial charge is 0.463 e. The maximum Gasteiger partial charge on any atom is 0.303 e. The molecule has 124 valence electrons. The first-order valence-electron chi connectivity index (χ1n) is 7.13. The van der Waals surface area contributed by atoms with Gasteiger partial charge in [-0.1, -0.05) is 0 Å². The predicted octanol–water partition coefficient (Wildman–Crippen LogP) is -0.145. The third-order valence-corrected chi connectivity index (χ3v) is 3.34. The minimum Gasteiger partial charge on any atom is -0.463 e. The summed E-state index contributed by atoms with van der Waals surface area (Å²) < 4.78 is 17.6. The van der Waals surface area contributed by atoms with Gasteiger partial charge in [0.05, 0.1) is 0 Å². The second-order valence-corrected chi connectivity index (χ2v) is 5.24. The highest BCUT2D eigenvalue weighted by Crippen LogP contribution is 2.28. The first-order valence-corrected chi connectivity index (χ1v) is 7.13. The molecule has 1 aliphatic heterocycles. The first-order chi connectivity index (χ1) is 10.9. The van der Waals surface area contributed by atoms with Crippen LogP contribution in [0.2, 0.25) is 0 Å². The second-order valence-electron chi connectivity index (χ2n) is 5.24. The third kappa shape index (κ3) is 4.49. The SMILES string of the molecule is CC(=O)OC[C@@H]1C[C@@H](OC(C)=O)[C@H]([n+]2cccc(C(N)=O)c2)O1. The minimum absolute atomic E-state index is 0.0691. The highest BCUT2D eigenvalue weighted by Gasteiger charge is 2.44. The monoisotopic (exact) mass is 323 g/mol. The molecule has 0 spiro atoms. The van der Waals surface area contributed by atoms with Gasteiger partial charge in [0.15, 0.2) is 18.5 Å². The molecule has 1 aliphatic rings. The van der Waals surface area contributed by atoms with E-state index in [0.29, 0.717) is 12.0 Å². The lowest BCUT2D eigenvalue weighted by Crippen LogP contribution is -2.46. The van der Waals surface area contributed by atoms with Crippen LogP contribution in [0.3, 0.4) is 0 Å². The maximum atomic E-state index is 11.3. The highest BCUT2D eigenvalue weighted by atomic mass is 16.6. The predicted molar refractivity (Wildman–Crippen MR) is 75.9 cm³/mol. The van der Waals surface area contributed by atoms with Gasteiger partial charge in [-0.3, -0.25) is 14.4 Å². The fourth-order valence-corrected chi connectivity index (χ4v) is 2.41. The van der Waals surface area contributed by atoms with Gasteiger partial charge in [0.25, 0.3) is 5.91 Å². The Morgan fingerprint density at radius 3 is 2.70 bits per heavy atom. The Hall–Kier alpha value is -2.48. The normalized spacial score (nSPS) is 23.3. The molecule has 3 atom stereocenters. The van der Waals surface area contributed by atoms with Crippen molar-refractivity contribution in [3.8, 4) is 0 Å². The zero-order chi connectivity index (χ0) is 17.0. The summed E-state index contributed by atoms with van der Waals surface area (Å²) >= 11 is 0. The van der Waals surface area contributed by atoms with Crippen LogP contribution in [0.1, 0.15) is 36.9 Å². The fourth-order valence-electron chi connectivity index (χ4n) is 2.41. The van der Waals surface area contributed by atoms with E-state index in [2.05, 4.69) is 0 Å². The molecule has 8 nitrogen and oxygen atoms in total. The van der Waals surface area contributed by atoms with Gasteiger partial charge in [-0.2, -0.15) is 4.57 Å². The Labute approximate surface area is 133 Å². The number of esters is 2. The Balaban J connectivity index is 2.18. The molecule has 1 aromatic heterocycles. The number of primary amides is 1. The summed E-state index contributed by atoms with van der Waals surface area (Å²) in [6.07, 6.45) is 2.00. The average molecular weight is 323 g/mol. The van der Waals surface area contributed by atoms with Crippen LogP contribution in [0.5, 0.6) is 0 Å². The number of rotatable bonds is 5. The zero-order valence-corrected chi connectivity index (χ0v) is 12.9. The highest BCUT2D eigenvalue weighted by molar-refractivity contribution is 5.92. The molecule has 0 radical (unpaired) electrons. The Morgan fingerprint density at radius 1 is 1.35 bits per heavy atom. The van der Waals surface area contributed by atoms with Crippen LogP contribution in [0.4, 0.5) is 0 Å². The molecule has 1 amide bonds. The molecule has 0 aromatic carbocycles. The molecule has 1 aromatic rings. The molecule has 23 heavy (non-hydrogen) atoms. The van der Waals surface area contributed by atoms with Crippen LogP contribution >= 0.6 is 0 Å². The fraction of sp³-hybridized carbons (Fsp3) is 0.467. The molecule has 1 fully saturated rings. The van der Waals surface area contributed by atoms with Crippen LogP contribution < -0.4 is 10.3 Å². The summed E-state index contributed by atoms with van der Waals surface area (Å²) in [6, 6.07) is 3.22. The minimum atomic E-state index is -0.626. The lowest BCUT2D eigenvalue weighted by atomic mass is 10.2. The van der Waals surface area contributed by atoms with E-state index in [1.54, 1.807) is 22.9 Å². The quantitative estimate of drug-likeness (QED) is 0.596. The lowest BCUT2D eigenvalue weighted by molar-refractivity contribution is -0.765. The molecule has 1 saturated heterocycles. The van der Waals surface area contributed by atoms with Crippen molar-refractivity contribution in [2.24, 2.45) is 5.73 Å². The molecular weight excluding hydrogens is 304 g/mol. The molecule has 0 bridgehead atoms. The summed E-state index contributed by atoms with van der Waals surface area (Å²) in [7, 11) is 0. The van der Waals surface area contributed by atoms with Crippen molar-refractivity contribution in [2.45, 2.75) is 38.7 Å². The maximum absolute atomic E-state index is 11.3. The molecular formula is C15H19N2O6+. The topological polar surface area (TPSA) is 109 Å². The number of amides is 1. The Bertz CT molecular complexity index is 618. The summed E-state index contributed by atoms with van der Waals surface area (Å²) in [6.45, 7) is 2.68. The van der Waals surface area contributed by atoms with Crippen molar-refractivity contribution < 1.29 is 33.2 Å². The third-order valence-electron chi connectivity index (χ3n) is 3.34. The van der Waals surface area contributed by atoms with Gasteiger partial charge < -0.3 is 19.9 Å². The van der Waals surface area contributed by atoms with Crippen molar-refractivity contribution in [3.63, 3.8) is 0 Å². The molecule has 0 unspecified atom stereocenters. The van der Waals surface area contributed by atoms with Gasteiger partial charge in [-0.15, -0.1) is 0 Å². The molecule has 2 heterocycles. The van der Waals surface area contributed by atoms with Crippen LogP contribution in [0, 0.1) is 0 Å². The second kappa shape index (κ2) is 7.19. The number of pyridine rings is 1. The number of nitrogens with two attached hydrogens (primary N) is 1. The van der Waals surface area contributed by atoms with Crippen molar-refractivity contribution in [2.75, 3.05) is 6.61 Å². The van der Waals surface area contributed by atoms with E-state index in [0.717, 1.165) is 0 Å². The summed E-state index contributed by atoms with van der Waals surface area (Å²) in [5.74, 6) is -1.43. The van der Waals surface area contributed by atoms with Gasteiger partial charge in [-0.25, -0.2) is 0 Å². The van der Waals surface area contributed by atoms with Gasteiger partial charge in [0, 0.05) is 26.3 Å². The van der Waals surface area contributed by atoms with Crippen LogP contribution in [0.15, 0.2) is 24.5 Å². The number of ether oxygens (including phenoxy) is 3. The van der Waals surface area contributed by atoms with Gasteiger partial charge in [0.1, 0.15) is 18.3 Å². The van der Waals surface area contributed by atoms with E-state index in [1.165, 1.54) is 20.0 Å². The van der Waals surface area contributed by atoms with E-state index >= 15 is 0 Å². The van der Waals surface area contributed by atoms with Crippen molar-refractivity contribution in [1.29, 1.82) is 0 Å². The van der Waals surface area contributed by atoms with Crippen LogP contribution in [-0.4, -0.2) is 36.7 Å². The summed E-state index contributed by atoms with van der Waals surface area (Å²) in [5.41, 5.74) is 5.58. The smallest absolute Gasteiger partial charge is 0.303 e. The summed E-state index contributed by atoms with van der Waals surface area (Å²) in [5, 5.41) is 0. The van der Waals surface area contributed by atoms with Gasteiger partial charge >= 0.3 is 18.2 Å². The molecule has 2 rings (SSSR count). The van der Waals surface area contributed by atoms with E-state index in [9.17, 15) is 14.4 Å². The van der Waals surface area contributed by atoms with Crippen LogP contribution in [-0.2, 0) is 23.8 Å². The first kappa shape index (κ1) is 16.9. The van der Waals surface area contributed by atoms with E-state index < -0.39 is 36.3 Å². The van der Waals surface area contributed by atoms with Crippen molar-refractivity contribution in [1.82, 2.24) is 0 Å². The summed E-state index contributed by atoms with van der Waals surface area (Å²) in [4.78, 5) is 33.5. The zero-order valence-electron chi connectivity index (χ0n) is 12.9. The average Bonchev–Trinajstić information content (AvgIpc) is 2.87. The Morgan fingerprint density at radius 2 is 2.09 bits per heavy atom. The number of hydrogen-bond acceptors (Lipinski definition) is 6. The van der Waals surface area contributed by atoms with E-state index in [4.69, 9.17) is 19.9 Å². The standard InChI is InChI=1S/C15H18N2O6/c1-9(18)21-8-12-6-13(22-10(2)19)15(23-12)17-5-3-4-11(7-17)14(16)20/h3-5,7,12-13,15H,6,8H2,1-2H3,(H-,16,20)/p+1/t12-,13+,15+/m0/s1. The van der Waals surface area contributed by atoms with Crippen molar-refractivity contribution >= 4 is 17.8 Å². The van der Waals surface area contributed by atoms with E-state index in [1.807, 2.05) is 0 Å². The lowest BCUT2D eigenvalue weighted by Gasteiger charge is -2.14. The van der Waals surface area contributed by atoms with Crippen LogP contribution in [0.25, 0.3) is 0 Å². The number of carbonyl (C=O) groups excluding carboxylic acids is 3. The van der Waals surface area contributed by atoms with Crippen molar-refractivity contribution in [3.05, 3.63) is 30.1 Å². The number of carbonyl (C=O) groups is 3. The van der Waals surface area contributed by atoms with Gasteiger partial charge in [-0.05, 0) is 6.07 Å². The molecule has 8 heteroatoms. The van der Waals surface area contributed by atoms with E-state index in [-0.39, 0.29) is 6.61 Å². The number of nitrogens with zero attached hydrogens (tertiary/aromatic N) is 1. The Kier molecular flexibility index (Phi) is 5.28. The molecule has 0 aliphatic carbocycles. The van der Waals surface area contributed by atoms with Gasteiger partial charge in [0.2, 0.25) is 0 Å². The number of hydrogen-bond donors (Lipinski definition) is 1. The number of aromatic nitrogens is 1. The molecule has 0 saturated carbocycles. The molecule has 2 N–H and O–H groups in total.